The van der Waals surface area contributed by atoms with E-state index in [1.54, 1.807) is 35.3 Å². The second kappa shape index (κ2) is 9.39. The molecule has 1 aliphatic carbocycles. The second-order valence-electron chi connectivity index (χ2n) is 7.46. The first-order chi connectivity index (χ1) is 14.4. The molecule has 0 N–H and O–H groups in total. The number of rotatable bonds is 7. The monoisotopic (exact) mass is 408 g/mol. The molecule has 0 radical (unpaired) electrons. The summed E-state index contributed by atoms with van der Waals surface area (Å²) in [4.78, 5) is 13.9. The number of ether oxygens (including phenoxy) is 3. The van der Waals surface area contributed by atoms with E-state index in [9.17, 15) is 9.90 Å². The van der Waals surface area contributed by atoms with Crippen LogP contribution in [-0.2, 0) is 9.53 Å². The van der Waals surface area contributed by atoms with E-state index in [1.807, 2.05) is 52.0 Å². The van der Waals surface area contributed by atoms with Crippen LogP contribution < -0.4 is 14.6 Å². The van der Waals surface area contributed by atoms with E-state index in [2.05, 4.69) is 0 Å². The predicted molar refractivity (Wildman–Crippen MR) is 113 cm³/mol. The molecule has 2 aliphatic rings. The van der Waals surface area contributed by atoms with E-state index in [-0.39, 0.29) is 30.5 Å². The van der Waals surface area contributed by atoms with Crippen molar-refractivity contribution in [2.45, 2.75) is 39.8 Å². The zero-order chi connectivity index (χ0) is 21.7. The molecule has 0 amide bonds. The molecule has 0 saturated carbocycles. The van der Waals surface area contributed by atoms with Crippen LogP contribution in [0.4, 0.5) is 0 Å². The summed E-state index contributed by atoms with van der Waals surface area (Å²) in [5.74, 6) is 0.983. The summed E-state index contributed by atoms with van der Waals surface area (Å²) in [5, 5.41) is 12.9. The first-order valence-electron chi connectivity index (χ1n) is 9.91. The summed E-state index contributed by atoms with van der Waals surface area (Å²) in [6.07, 6.45) is 11.5. The lowest BCUT2D eigenvalue weighted by atomic mass is 10.2. The van der Waals surface area contributed by atoms with Gasteiger partial charge in [-0.1, -0.05) is 36.4 Å². The zero-order valence-electron chi connectivity index (χ0n) is 17.6. The van der Waals surface area contributed by atoms with Gasteiger partial charge in [0.2, 0.25) is 6.79 Å². The third-order valence-electron chi connectivity index (χ3n) is 4.59. The highest BCUT2D eigenvalue weighted by molar-refractivity contribution is 5.84. The van der Waals surface area contributed by atoms with Crippen LogP contribution in [0.2, 0.25) is 0 Å². The maximum Gasteiger partial charge on any atom is 0.336 e. The number of esters is 1. The van der Waals surface area contributed by atoms with E-state index in [0.717, 1.165) is 11.3 Å². The Kier molecular flexibility index (Phi) is 6.67. The van der Waals surface area contributed by atoms with Crippen LogP contribution in [0.15, 0.2) is 71.9 Å². The maximum atomic E-state index is 12.9. The molecule has 1 aromatic carbocycles. The Balaban J connectivity index is 1.62. The third kappa shape index (κ3) is 4.95. The van der Waals surface area contributed by atoms with Crippen LogP contribution >= 0.6 is 0 Å². The van der Waals surface area contributed by atoms with Crippen LogP contribution in [0.1, 0.15) is 33.3 Å². The van der Waals surface area contributed by atoms with E-state index >= 15 is 0 Å². The fourth-order valence-corrected chi connectivity index (χ4v) is 3.33. The number of nitrogens with zero attached hydrogens (tertiary/aromatic N) is 1. The number of hydrogen-bond acceptors (Lipinski definition) is 6. The topological polar surface area (TPSA) is 71.1 Å². The number of benzene rings is 1. The van der Waals surface area contributed by atoms with Crippen molar-refractivity contribution in [3.63, 3.8) is 0 Å². The SMILES string of the molecule is CC(C)N(/C([O-])=C1\C=CC=C1OC(=O)/C=C/C=C/c1ccc2c(c1)OCO2)C(C)C. The van der Waals surface area contributed by atoms with Crippen LogP contribution in [0, 0.1) is 0 Å². The molecule has 0 saturated heterocycles. The molecule has 158 valence electrons. The molecule has 0 aromatic heterocycles. The highest BCUT2D eigenvalue weighted by Crippen LogP contribution is 2.32. The van der Waals surface area contributed by atoms with Gasteiger partial charge in [0, 0.05) is 23.7 Å². The summed E-state index contributed by atoms with van der Waals surface area (Å²) < 4.78 is 16.0. The van der Waals surface area contributed by atoms with Crippen molar-refractivity contribution in [1.82, 2.24) is 4.90 Å². The molecule has 1 aromatic rings. The van der Waals surface area contributed by atoms with Gasteiger partial charge < -0.3 is 24.2 Å². The average molecular weight is 408 g/mol. The standard InChI is InChI=1S/C24H27NO5/c1-16(2)25(17(3)4)24(27)19-9-7-10-20(19)30-23(26)11-6-5-8-18-12-13-21-22(14-18)29-15-28-21/h5-14,16-17,27H,15H2,1-4H3/p-1/b8-5+,11-6+,24-19-. The van der Waals surface area contributed by atoms with Gasteiger partial charge in [-0.2, -0.15) is 0 Å². The van der Waals surface area contributed by atoms with Crippen molar-refractivity contribution < 1.29 is 24.1 Å². The largest absolute Gasteiger partial charge is 0.860 e. The van der Waals surface area contributed by atoms with Gasteiger partial charge >= 0.3 is 5.97 Å². The lowest BCUT2D eigenvalue weighted by molar-refractivity contribution is -0.339. The summed E-state index contributed by atoms with van der Waals surface area (Å²) in [7, 11) is 0. The minimum absolute atomic E-state index is 0.0390. The Labute approximate surface area is 177 Å². The second-order valence-corrected chi connectivity index (χ2v) is 7.46. The molecule has 0 fully saturated rings. The molecule has 3 rings (SSSR count). The van der Waals surface area contributed by atoms with Crippen molar-refractivity contribution in [3.05, 3.63) is 77.4 Å². The van der Waals surface area contributed by atoms with Gasteiger partial charge in [-0.3, -0.25) is 0 Å². The number of fused-ring (bicyclic) bond motifs is 1. The Morgan fingerprint density at radius 1 is 1.13 bits per heavy atom. The first-order valence-corrected chi connectivity index (χ1v) is 9.91. The summed E-state index contributed by atoms with van der Waals surface area (Å²) in [6, 6.07) is 5.68. The lowest BCUT2D eigenvalue weighted by Crippen LogP contribution is -2.41. The fraction of sp³-hybridized carbons (Fsp3) is 0.292. The number of carbonyl (C=O) groups excluding carboxylic acids is 1. The number of hydrogen-bond donors (Lipinski definition) is 0. The van der Waals surface area contributed by atoms with E-state index in [4.69, 9.17) is 14.2 Å². The highest BCUT2D eigenvalue weighted by Gasteiger charge is 2.18. The molecular weight excluding hydrogens is 382 g/mol. The van der Waals surface area contributed by atoms with Crippen LogP contribution in [0.3, 0.4) is 0 Å². The molecule has 6 heteroatoms. The quantitative estimate of drug-likeness (QED) is 0.297. The fourth-order valence-electron chi connectivity index (χ4n) is 3.33. The van der Waals surface area contributed by atoms with Gasteiger partial charge in [0.1, 0.15) is 5.76 Å². The van der Waals surface area contributed by atoms with Gasteiger partial charge in [0.15, 0.2) is 11.5 Å². The molecule has 6 nitrogen and oxygen atoms in total. The van der Waals surface area contributed by atoms with Crippen molar-refractivity contribution >= 4 is 12.0 Å². The average Bonchev–Trinajstić information content (AvgIpc) is 3.33. The predicted octanol–water partition coefficient (Wildman–Crippen LogP) is 3.67. The Hall–Kier alpha value is -3.41. The molecule has 0 spiro atoms. The maximum absolute atomic E-state index is 12.9. The Morgan fingerprint density at radius 2 is 1.87 bits per heavy atom. The van der Waals surface area contributed by atoms with Crippen molar-refractivity contribution in [2.75, 3.05) is 6.79 Å². The van der Waals surface area contributed by atoms with Crippen molar-refractivity contribution in [2.24, 2.45) is 0 Å². The number of allylic oxidation sites excluding steroid dienone is 5. The van der Waals surface area contributed by atoms with E-state index in [1.165, 1.54) is 6.08 Å². The summed E-state index contributed by atoms with van der Waals surface area (Å²) in [5.41, 5.74) is 1.30. The number of carbonyl (C=O) groups is 1. The minimum atomic E-state index is -0.550. The molecule has 1 heterocycles. The zero-order valence-corrected chi connectivity index (χ0v) is 17.6. The third-order valence-corrected chi connectivity index (χ3v) is 4.59. The van der Waals surface area contributed by atoms with E-state index in [0.29, 0.717) is 11.3 Å². The molecule has 0 bridgehead atoms. The highest BCUT2D eigenvalue weighted by atomic mass is 16.7. The lowest BCUT2D eigenvalue weighted by Gasteiger charge is -2.39. The molecule has 30 heavy (non-hydrogen) atoms. The van der Waals surface area contributed by atoms with Crippen molar-refractivity contribution in [1.29, 1.82) is 0 Å². The van der Waals surface area contributed by atoms with Crippen molar-refractivity contribution in [3.8, 4) is 11.5 Å². The first kappa shape index (κ1) is 21.3. The summed E-state index contributed by atoms with van der Waals surface area (Å²) in [6.45, 7) is 8.07. The molecule has 1 aliphatic heterocycles. The molecule has 0 unspecified atom stereocenters. The van der Waals surface area contributed by atoms with Crippen LogP contribution in [0.25, 0.3) is 6.08 Å². The normalized spacial score (nSPS) is 16.8. The van der Waals surface area contributed by atoms with E-state index < -0.39 is 5.97 Å². The van der Waals surface area contributed by atoms with Crippen LogP contribution in [-0.4, -0.2) is 29.7 Å². The molecular formula is C24H26NO5-. The van der Waals surface area contributed by atoms with Gasteiger partial charge in [-0.15, -0.1) is 0 Å². The van der Waals surface area contributed by atoms with Gasteiger partial charge in [-0.25, -0.2) is 4.79 Å². The Bertz CT molecular complexity index is 942. The minimum Gasteiger partial charge on any atom is -0.860 e. The van der Waals surface area contributed by atoms with Gasteiger partial charge in [-0.05, 0) is 57.4 Å². The van der Waals surface area contributed by atoms with Crippen LogP contribution in [0.5, 0.6) is 11.5 Å². The van der Waals surface area contributed by atoms with Gasteiger partial charge in [0.05, 0.1) is 0 Å². The van der Waals surface area contributed by atoms with Gasteiger partial charge in [0.25, 0.3) is 0 Å². The molecule has 0 atom stereocenters. The smallest absolute Gasteiger partial charge is 0.336 e. The Morgan fingerprint density at radius 3 is 2.60 bits per heavy atom. The summed E-state index contributed by atoms with van der Waals surface area (Å²) >= 11 is 0.